The molecule has 4 rings (SSSR count). The van der Waals surface area contributed by atoms with Gasteiger partial charge in [-0.2, -0.15) is 5.10 Å². The van der Waals surface area contributed by atoms with Gasteiger partial charge in [-0.25, -0.2) is 18.2 Å². The monoisotopic (exact) mass is 493 g/mol. The van der Waals surface area contributed by atoms with Gasteiger partial charge < -0.3 is 5.32 Å². The van der Waals surface area contributed by atoms with Crippen molar-refractivity contribution in [3.05, 3.63) is 90.3 Å². The highest BCUT2D eigenvalue weighted by molar-refractivity contribution is 7.89. The quantitative estimate of drug-likeness (QED) is 0.373. The van der Waals surface area contributed by atoms with E-state index in [4.69, 9.17) is 9.92 Å². The number of aromatic nitrogens is 2. The van der Waals surface area contributed by atoms with E-state index in [9.17, 15) is 13.2 Å². The second kappa shape index (κ2) is 9.34. The SMILES string of the molecule is Cc1cc(C(=O)Nc2ccc(-c3ccccc3S(N)(=O)=O)cc2)n(-c2cccc(S(C)=N)c2)n1. The summed E-state index contributed by atoms with van der Waals surface area (Å²) in [5.74, 6) is -0.343. The lowest BCUT2D eigenvalue weighted by atomic mass is 10.1. The van der Waals surface area contributed by atoms with E-state index in [1.807, 2.05) is 37.4 Å². The molecule has 0 bridgehead atoms. The second-order valence-electron chi connectivity index (χ2n) is 7.66. The van der Waals surface area contributed by atoms with Crippen molar-refractivity contribution >= 4 is 32.3 Å². The van der Waals surface area contributed by atoms with Crippen LogP contribution in [0.2, 0.25) is 0 Å². The molecule has 4 aromatic rings. The average molecular weight is 494 g/mol. The minimum Gasteiger partial charge on any atom is -0.321 e. The molecule has 1 atom stereocenters. The summed E-state index contributed by atoms with van der Waals surface area (Å²) >= 11 is 0. The van der Waals surface area contributed by atoms with E-state index in [0.717, 1.165) is 4.90 Å². The molecule has 34 heavy (non-hydrogen) atoms. The third-order valence-corrected chi connectivity index (χ3v) is 7.06. The fraction of sp³-hybridized carbons (Fsp3) is 0.0833. The van der Waals surface area contributed by atoms with Crippen molar-refractivity contribution in [2.45, 2.75) is 16.7 Å². The van der Waals surface area contributed by atoms with E-state index in [-0.39, 0.29) is 10.8 Å². The van der Waals surface area contributed by atoms with Crippen LogP contribution in [0.25, 0.3) is 16.8 Å². The number of nitrogens with two attached hydrogens (primary N) is 1. The summed E-state index contributed by atoms with van der Waals surface area (Å²) < 4.78 is 33.4. The normalized spacial score (nSPS) is 12.3. The number of rotatable bonds is 6. The number of sulfonamides is 1. The van der Waals surface area contributed by atoms with Crippen molar-refractivity contribution in [1.29, 1.82) is 4.78 Å². The van der Waals surface area contributed by atoms with Gasteiger partial charge in [0.25, 0.3) is 5.91 Å². The molecule has 8 nitrogen and oxygen atoms in total. The first-order valence-corrected chi connectivity index (χ1v) is 13.4. The Hall–Kier alpha value is -3.60. The molecule has 0 radical (unpaired) electrons. The smallest absolute Gasteiger partial charge is 0.274 e. The van der Waals surface area contributed by atoms with Gasteiger partial charge in [0.05, 0.1) is 16.3 Å². The maximum Gasteiger partial charge on any atom is 0.274 e. The molecule has 174 valence electrons. The number of amides is 1. The van der Waals surface area contributed by atoms with Crippen molar-refractivity contribution in [3.8, 4) is 16.8 Å². The number of benzene rings is 3. The van der Waals surface area contributed by atoms with Crippen LogP contribution in [0.15, 0.2) is 88.7 Å². The number of anilines is 1. The number of nitrogens with one attached hydrogen (secondary N) is 2. The highest BCUT2D eigenvalue weighted by Gasteiger charge is 2.17. The molecule has 0 aliphatic carbocycles. The molecule has 1 aromatic heterocycles. The van der Waals surface area contributed by atoms with Gasteiger partial charge in [-0.15, -0.1) is 0 Å². The third kappa shape index (κ3) is 4.98. The highest BCUT2D eigenvalue weighted by Crippen LogP contribution is 2.28. The Bertz CT molecular complexity index is 1510. The molecule has 0 fully saturated rings. The molecular formula is C24H23N5O3S2. The summed E-state index contributed by atoms with van der Waals surface area (Å²) in [7, 11) is -4.54. The minimum atomic E-state index is -3.87. The predicted molar refractivity (Wildman–Crippen MR) is 134 cm³/mol. The Kier molecular flexibility index (Phi) is 6.47. The van der Waals surface area contributed by atoms with Crippen molar-refractivity contribution in [3.63, 3.8) is 0 Å². The van der Waals surface area contributed by atoms with Crippen LogP contribution in [-0.4, -0.2) is 30.4 Å². The predicted octanol–water partition coefficient (Wildman–Crippen LogP) is 4.12. The summed E-state index contributed by atoms with van der Waals surface area (Å²) in [4.78, 5) is 14.0. The van der Waals surface area contributed by atoms with E-state index >= 15 is 0 Å². The maximum absolute atomic E-state index is 13.1. The number of aryl methyl sites for hydroxylation is 1. The van der Waals surface area contributed by atoms with Crippen LogP contribution in [0.4, 0.5) is 5.69 Å². The van der Waals surface area contributed by atoms with Gasteiger partial charge >= 0.3 is 0 Å². The Morgan fingerprint density at radius 3 is 2.41 bits per heavy atom. The molecule has 1 heterocycles. The molecule has 1 unspecified atom stereocenters. The lowest BCUT2D eigenvalue weighted by molar-refractivity contribution is 0.101. The molecular weight excluding hydrogens is 470 g/mol. The van der Waals surface area contributed by atoms with Crippen molar-refractivity contribution in [2.24, 2.45) is 5.14 Å². The number of hydrogen-bond acceptors (Lipinski definition) is 5. The van der Waals surface area contributed by atoms with E-state index in [2.05, 4.69) is 10.4 Å². The molecule has 3 aromatic carbocycles. The summed E-state index contributed by atoms with van der Waals surface area (Å²) in [5, 5.41) is 12.7. The van der Waals surface area contributed by atoms with E-state index < -0.39 is 20.7 Å². The third-order valence-electron chi connectivity index (χ3n) is 5.13. The number of nitrogens with zero attached hydrogens (tertiary/aromatic N) is 2. The van der Waals surface area contributed by atoms with E-state index in [1.165, 1.54) is 6.07 Å². The van der Waals surface area contributed by atoms with E-state index in [0.29, 0.717) is 33.9 Å². The van der Waals surface area contributed by atoms with Crippen LogP contribution in [0.5, 0.6) is 0 Å². The van der Waals surface area contributed by atoms with Crippen molar-refractivity contribution < 1.29 is 13.2 Å². The zero-order valence-corrected chi connectivity index (χ0v) is 20.2. The highest BCUT2D eigenvalue weighted by atomic mass is 32.2. The van der Waals surface area contributed by atoms with Gasteiger partial charge in [0.2, 0.25) is 10.0 Å². The molecule has 10 heteroatoms. The second-order valence-corrected chi connectivity index (χ2v) is 10.7. The van der Waals surface area contributed by atoms with Crippen LogP contribution < -0.4 is 10.5 Å². The van der Waals surface area contributed by atoms with Crippen molar-refractivity contribution in [2.75, 3.05) is 11.6 Å². The van der Waals surface area contributed by atoms with Gasteiger partial charge in [-0.3, -0.25) is 9.57 Å². The Morgan fingerprint density at radius 2 is 1.74 bits per heavy atom. The lowest BCUT2D eigenvalue weighted by Crippen LogP contribution is -2.17. The fourth-order valence-corrected chi connectivity index (χ4v) is 4.89. The first-order valence-electron chi connectivity index (χ1n) is 10.2. The minimum absolute atomic E-state index is 0.0380. The fourth-order valence-electron chi connectivity index (χ4n) is 3.55. The standard InChI is InChI=1S/C24H23N5O3S2/c1-16-14-22(29(28-16)19-6-5-7-20(15-19)33(2)25)24(30)27-18-12-10-17(11-13-18)21-8-3-4-9-23(21)34(26,31)32/h3-15,25H,1-2H3,(H,27,30)(H2,26,31,32). The molecule has 0 spiro atoms. The number of carbonyl (C=O) groups is 1. The van der Waals surface area contributed by atoms with Crippen LogP contribution >= 0.6 is 0 Å². The molecule has 0 saturated carbocycles. The summed E-state index contributed by atoms with van der Waals surface area (Å²) in [6.07, 6.45) is 1.81. The first kappa shape index (κ1) is 23.6. The van der Waals surface area contributed by atoms with E-state index in [1.54, 1.807) is 53.2 Å². The van der Waals surface area contributed by atoms with Gasteiger partial charge in [0, 0.05) is 16.1 Å². The van der Waals surface area contributed by atoms with Crippen LogP contribution in [0.3, 0.4) is 0 Å². The average Bonchev–Trinajstić information content (AvgIpc) is 3.21. The van der Waals surface area contributed by atoms with Crippen LogP contribution in [0, 0.1) is 11.7 Å². The van der Waals surface area contributed by atoms with Crippen LogP contribution in [0.1, 0.15) is 16.2 Å². The molecule has 0 aliphatic rings. The van der Waals surface area contributed by atoms with Gasteiger partial charge in [-0.1, -0.05) is 47.1 Å². The lowest BCUT2D eigenvalue weighted by Gasteiger charge is -2.11. The Morgan fingerprint density at radius 1 is 1.03 bits per heavy atom. The number of carbonyl (C=O) groups excluding carboxylic acids is 1. The molecule has 1 amide bonds. The maximum atomic E-state index is 13.1. The summed E-state index contributed by atoms with van der Waals surface area (Å²) in [6, 6.07) is 22.5. The van der Waals surface area contributed by atoms with Crippen LogP contribution in [-0.2, 0) is 20.7 Å². The zero-order chi connectivity index (χ0) is 24.5. The number of hydrogen-bond donors (Lipinski definition) is 3. The molecule has 0 saturated heterocycles. The summed E-state index contributed by atoms with van der Waals surface area (Å²) in [5.41, 5.74) is 3.44. The first-order chi connectivity index (χ1) is 16.1. The molecule has 0 aliphatic heterocycles. The van der Waals surface area contributed by atoms with Gasteiger partial charge in [0.15, 0.2) is 0 Å². The summed E-state index contributed by atoms with van der Waals surface area (Å²) in [6.45, 7) is 1.81. The zero-order valence-electron chi connectivity index (χ0n) is 18.5. The number of primary sulfonamides is 1. The Balaban J connectivity index is 1.61. The van der Waals surface area contributed by atoms with Crippen molar-refractivity contribution in [1.82, 2.24) is 9.78 Å². The molecule has 4 N–H and O–H groups in total. The van der Waals surface area contributed by atoms with Gasteiger partial charge in [-0.05, 0) is 61.2 Å². The topological polar surface area (TPSA) is 131 Å². The largest absolute Gasteiger partial charge is 0.321 e. The Labute approximate surface area is 200 Å². The van der Waals surface area contributed by atoms with Gasteiger partial charge in [0.1, 0.15) is 5.69 Å².